The summed E-state index contributed by atoms with van der Waals surface area (Å²) in [6, 6.07) is 1.95. The maximum atomic E-state index is 11.8. The molecule has 0 aliphatic heterocycles. The number of thiophene rings is 1. The van der Waals surface area contributed by atoms with Gasteiger partial charge in [0.25, 0.3) is 5.91 Å². The molecule has 88 valence electrons. The van der Waals surface area contributed by atoms with E-state index >= 15 is 0 Å². The van der Waals surface area contributed by atoms with E-state index in [0.717, 1.165) is 12.1 Å². The van der Waals surface area contributed by atoms with Gasteiger partial charge in [0, 0.05) is 11.9 Å². The van der Waals surface area contributed by atoms with Gasteiger partial charge in [-0.3, -0.25) is 4.79 Å². The zero-order chi connectivity index (χ0) is 11.4. The minimum Gasteiger partial charge on any atom is -0.352 e. The molecule has 0 aromatic carbocycles. The minimum absolute atomic E-state index is 0.0877. The summed E-state index contributed by atoms with van der Waals surface area (Å²) in [6.45, 7) is 0.852. The number of hydrogen-bond donors (Lipinski definition) is 1. The van der Waals surface area contributed by atoms with Gasteiger partial charge in [-0.1, -0.05) is 19.3 Å². The van der Waals surface area contributed by atoms with Crippen LogP contribution in [0.2, 0.25) is 0 Å². The Labute approximate surface area is 114 Å². The fourth-order valence-electron chi connectivity index (χ4n) is 2.16. The third-order valence-electron chi connectivity index (χ3n) is 3.11. The summed E-state index contributed by atoms with van der Waals surface area (Å²) in [4.78, 5) is 11.8. The molecule has 0 atom stereocenters. The van der Waals surface area contributed by atoms with Gasteiger partial charge in [-0.05, 0) is 47.4 Å². The van der Waals surface area contributed by atoms with Gasteiger partial charge in [-0.2, -0.15) is 0 Å². The summed E-state index contributed by atoms with van der Waals surface area (Å²) in [6.07, 6.45) is 6.59. The molecule has 1 amide bonds. The molecule has 1 heterocycles. The van der Waals surface area contributed by atoms with E-state index in [0.29, 0.717) is 5.92 Å². The smallest absolute Gasteiger partial charge is 0.252 e. The average molecular weight is 349 g/mol. The Bertz CT molecular complexity index is 358. The van der Waals surface area contributed by atoms with Gasteiger partial charge in [0.05, 0.1) is 8.45 Å². The molecule has 16 heavy (non-hydrogen) atoms. The van der Waals surface area contributed by atoms with E-state index in [1.807, 2.05) is 11.4 Å². The van der Waals surface area contributed by atoms with Crippen molar-refractivity contribution in [2.24, 2.45) is 5.92 Å². The number of rotatable bonds is 3. The number of halogens is 1. The van der Waals surface area contributed by atoms with Crippen molar-refractivity contribution < 1.29 is 4.79 Å². The summed E-state index contributed by atoms with van der Waals surface area (Å²) in [5.41, 5.74) is 0.810. The molecule has 1 aliphatic carbocycles. The Hall–Kier alpha value is -0.100. The van der Waals surface area contributed by atoms with Crippen LogP contribution in [0.3, 0.4) is 0 Å². The molecule has 1 fully saturated rings. The third kappa shape index (κ3) is 3.45. The molecule has 0 radical (unpaired) electrons. The lowest BCUT2D eigenvalue weighted by molar-refractivity contribution is 0.0944. The van der Waals surface area contributed by atoms with Crippen molar-refractivity contribution in [2.45, 2.75) is 32.1 Å². The van der Waals surface area contributed by atoms with Crippen LogP contribution < -0.4 is 5.32 Å². The van der Waals surface area contributed by atoms with E-state index in [-0.39, 0.29) is 5.91 Å². The number of nitrogens with one attached hydrogen (secondary N) is 1. The summed E-state index contributed by atoms with van der Waals surface area (Å²) in [7, 11) is 0. The molecule has 2 nitrogen and oxygen atoms in total. The molecule has 1 aromatic heterocycles. The van der Waals surface area contributed by atoms with Crippen LogP contribution in [-0.4, -0.2) is 12.5 Å². The topological polar surface area (TPSA) is 29.1 Å². The second kappa shape index (κ2) is 6.00. The first-order valence-electron chi connectivity index (χ1n) is 5.78. The van der Waals surface area contributed by atoms with Crippen molar-refractivity contribution in [1.82, 2.24) is 5.32 Å². The van der Waals surface area contributed by atoms with E-state index in [4.69, 9.17) is 0 Å². The maximum Gasteiger partial charge on any atom is 0.252 e. The Morgan fingerprint density at radius 2 is 2.19 bits per heavy atom. The van der Waals surface area contributed by atoms with Crippen LogP contribution in [0.15, 0.2) is 11.4 Å². The second-order valence-corrected chi connectivity index (χ2v) is 7.16. The van der Waals surface area contributed by atoms with Gasteiger partial charge in [0.2, 0.25) is 0 Å². The van der Waals surface area contributed by atoms with Crippen molar-refractivity contribution in [2.75, 3.05) is 6.54 Å². The zero-order valence-corrected chi connectivity index (χ0v) is 12.1. The van der Waals surface area contributed by atoms with Crippen molar-refractivity contribution in [1.29, 1.82) is 0 Å². The van der Waals surface area contributed by atoms with Crippen LogP contribution in [0.1, 0.15) is 42.5 Å². The summed E-state index contributed by atoms with van der Waals surface area (Å²) < 4.78 is 1.17. The Morgan fingerprint density at radius 1 is 1.44 bits per heavy atom. The first-order chi connectivity index (χ1) is 7.75. The third-order valence-corrected chi connectivity index (χ3v) is 4.89. The highest BCUT2D eigenvalue weighted by molar-refractivity contribution is 14.1. The minimum atomic E-state index is 0.0877. The monoisotopic (exact) mass is 349 g/mol. The molecular weight excluding hydrogens is 333 g/mol. The molecule has 1 saturated carbocycles. The largest absolute Gasteiger partial charge is 0.352 e. The fourth-order valence-corrected chi connectivity index (χ4v) is 3.49. The van der Waals surface area contributed by atoms with Crippen LogP contribution in [-0.2, 0) is 0 Å². The van der Waals surface area contributed by atoms with Gasteiger partial charge in [0.15, 0.2) is 0 Å². The zero-order valence-electron chi connectivity index (χ0n) is 9.17. The second-order valence-electron chi connectivity index (χ2n) is 4.35. The lowest BCUT2D eigenvalue weighted by Crippen LogP contribution is -2.29. The molecular formula is C12H16INOS. The highest BCUT2D eigenvalue weighted by Crippen LogP contribution is 2.23. The predicted molar refractivity (Wildman–Crippen MR) is 75.9 cm³/mol. The first-order valence-corrected chi connectivity index (χ1v) is 7.74. The van der Waals surface area contributed by atoms with Crippen molar-refractivity contribution in [3.63, 3.8) is 0 Å². The van der Waals surface area contributed by atoms with Crippen molar-refractivity contribution in [3.8, 4) is 0 Å². The predicted octanol–water partition coefficient (Wildman–Crippen LogP) is 3.66. The lowest BCUT2D eigenvalue weighted by Gasteiger charge is -2.21. The van der Waals surface area contributed by atoms with Crippen molar-refractivity contribution >= 4 is 39.8 Å². The van der Waals surface area contributed by atoms with Gasteiger partial charge in [-0.25, -0.2) is 0 Å². The van der Waals surface area contributed by atoms with E-state index in [9.17, 15) is 4.79 Å². The molecule has 0 saturated heterocycles. The summed E-state index contributed by atoms with van der Waals surface area (Å²) >= 11 is 3.86. The van der Waals surface area contributed by atoms with E-state index in [2.05, 4.69) is 27.9 Å². The van der Waals surface area contributed by atoms with Gasteiger partial charge in [0.1, 0.15) is 0 Å². The van der Waals surface area contributed by atoms with Gasteiger partial charge < -0.3 is 5.32 Å². The van der Waals surface area contributed by atoms with Crippen molar-refractivity contribution in [3.05, 3.63) is 19.9 Å². The molecule has 2 rings (SSSR count). The number of hydrogen-bond acceptors (Lipinski definition) is 2. The molecule has 0 spiro atoms. The molecule has 1 aliphatic rings. The number of carbonyl (C=O) groups excluding carboxylic acids is 1. The highest BCUT2D eigenvalue weighted by atomic mass is 127. The number of amides is 1. The Morgan fingerprint density at radius 3 is 2.81 bits per heavy atom. The highest BCUT2D eigenvalue weighted by Gasteiger charge is 2.15. The lowest BCUT2D eigenvalue weighted by atomic mass is 9.89. The molecule has 1 aromatic rings. The van der Waals surface area contributed by atoms with E-state index < -0.39 is 0 Å². The molecule has 4 heteroatoms. The fraction of sp³-hybridized carbons (Fsp3) is 0.583. The van der Waals surface area contributed by atoms with Gasteiger partial charge >= 0.3 is 0 Å². The summed E-state index contributed by atoms with van der Waals surface area (Å²) in [5.74, 6) is 0.792. The average Bonchev–Trinajstić information content (AvgIpc) is 2.74. The van der Waals surface area contributed by atoms with Crippen LogP contribution in [0.4, 0.5) is 0 Å². The van der Waals surface area contributed by atoms with E-state index in [1.165, 1.54) is 35.0 Å². The first kappa shape index (κ1) is 12.4. The van der Waals surface area contributed by atoms with Crippen LogP contribution in [0.25, 0.3) is 0 Å². The SMILES string of the molecule is O=C(NCC1CCCCC1)c1csc(I)c1. The Balaban J connectivity index is 1.79. The maximum absolute atomic E-state index is 11.8. The molecule has 1 N–H and O–H groups in total. The summed E-state index contributed by atoms with van der Waals surface area (Å²) in [5, 5.41) is 4.97. The molecule has 0 unspecified atom stereocenters. The molecule has 0 bridgehead atoms. The van der Waals surface area contributed by atoms with Crippen LogP contribution in [0.5, 0.6) is 0 Å². The quantitative estimate of drug-likeness (QED) is 0.829. The standard InChI is InChI=1S/C12H16INOS/c13-11-6-10(8-16-11)12(15)14-7-9-4-2-1-3-5-9/h6,8-9H,1-5,7H2,(H,14,15). The van der Waals surface area contributed by atoms with Crippen LogP contribution >= 0.6 is 33.9 Å². The number of carbonyl (C=O) groups is 1. The Kier molecular flexibility index (Phi) is 4.64. The van der Waals surface area contributed by atoms with Gasteiger partial charge in [-0.15, -0.1) is 11.3 Å². The normalized spacial score (nSPS) is 17.3. The van der Waals surface area contributed by atoms with Crippen LogP contribution in [0, 0.1) is 8.80 Å². The van der Waals surface area contributed by atoms with E-state index in [1.54, 1.807) is 11.3 Å².